The van der Waals surface area contributed by atoms with Gasteiger partial charge in [0.2, 0.25) is 10.0 Å². The van der Waals surface area contributed by atoms with Crippen LogP contribution in [0.25, 0.3) is 0 Å². The van der Waals surface area contributed by atoms with Gasteiger partial charge in [-0.05, 0) is 40.8 Å². The second-order valence-electron chi connectivity index (χ2n) is 5.54. The van der Waals surface area contributed by atoms with Crippen molar-refractivity contribution >= 4 is 26.0 Å². The highest BCUT2D eigenvalue weighted by atomic mass is 79.9. The van der Waals surface area contributed by atoms with Crippen LogP contribution in [0.4, 0.5) is 8.78 Å². The molecule has 0 aliphatic heterocycles. The Bertz CT molecular complexity index is 598. The zero-order valence-electron chi connectivity index (χ0n) is 11.7. The maximum Gasteiger partial charge on any atom is 0.244 e. The van der Waals surface area contributed by atoms with Crippen molar-refractivity contribution in [2.24, 2.45) is 5.92 Å². The van der Waals surface area contributed by atoms with Crippen molar-refractivity contribution in [3.05, 3.63) is 28.2 Å². The predicted octanol–water partition coefficient (Wildman–Crippen LogP) is 3.97. The maximum absolute atomic E-state index is 13.8. The SMILES string of the molecule is CC1CCCCCC1NS(=O)(=O)c1c(F)cc(F)cc1Br. The van der Waals surface area contributed by atoms with Gasteiger partial charge in [-0.15, -0.1) is 0 Å². The smallest absolute Gasteiger partial charge is 0.208 e. The number of rotatable bonds is 3. The van der Waals surface area contributed by atoms with Gasteiger partial charge in [-0.2, -0.15) is 0 Å². The topological polar surface area (TPSA) is 46.2 Å². The summed E-state index contributed by atoms with van der Waals surface area (Å²) in [6.07, 6.45) is 4.79. The van der Waals surface area contributed by atoms with Crippen LogP contribution in [0.2, 0.25) is 0 Å². The second kappa shape index (κ2) is 6.71. The highest BCUT2D eigenvalue weighted by molar-refractivity contribution is 9.10. The molecule has 21 heavy (non-hydrogen) atoms. The molecule has 1 fully saturated rings. The quantitative estimate of drug-likeness (QED) is 0.804. The average Bonchev–Trinajstić information content (AvgIpc) is 2.52. The average molecular weight is 382 g/mol. The molecule has 1 aliphatic carbocycles. The van der Waals surface area contributed by atoms with E-state index in [2.05, 4.69) is 20.7 Å². The van der Waals surface area contributed by atoms with Gasteiger partial charge < -0.3 is 0 Å². The van der Waals surface area contributed by atoms with Crippen molar-refractivity contribution in [2.45, 2.75) is 50.0 Å². The van der Waals surface area contributed by atoms with Crippen molar-refractivity contribution in [3.63, 3.8) is 0 Å². The summed E-state index contributed by atoms with van der Waals surface area (Å²) in [5, 5.41) is 0. The summed E-state index contributed by atoms with van der Waals surface area (Å²) in [7, 11) is -4.03. The Morgan fingerprint density at radius 3 is 2.52 bits per heavy atom. The van der Waals surface area contributed by atoms with Gasteiger partial charge in [0, 0.05) is 16.6 Å². The van der Waals surface area contributed by atoms with Gasteiger partial charge in [0.25, 0.3) is 0 Å². The summed E-state index contributed by atoms with van der Waals surface area (Å²) in [5.74, 6) is -1.71. The van der Waals surface area contributed by atoms with Crippen molar-refractivity contribution in [1.82, 2.24) is 4.72 Å². The molecule has 1 saturated carbocycles. The van der Waals surface area contributed by atoms with E-state index >= 15 is 0 Å². The Hall–Kier alpha value is -0.530. The van der Waals surface area contributed by atoms with Crippen molar-refractivity contribution < 1.29 is 17.2 Å². The first-order valence-corrected chi connectivity index (χ1v) is 9.26. The minimum atomic E-state index is -4.03. The van der Waals surface area contributed by atoms with Crippen molar-refractivity contribution in [1.29, 1.82) is 0 Å². The molecule has 1 aliphatic rings. The minimum Gasteiger partial charge on any atom is -0.208 e. The molecule has 0 aromatic heterocycles. The van der Waals surface area contributed by atoms with E-state index in [1.807, 2.05) is 6.92 Å². The third kappa shape index (κ3) is 4.02. The Kier molecular flexibility index (Phi) is 5.38. The van der Waals surface area contributed by atoms with Crippen LogP contribution in [0.5, 0.6) is 0 Å². The Morgan fingerprint density at radius 1 is 1.19 bits per heavy atom. The third-order valence-electron chi connectivity index (χ3n) is 3.90. The van der Waals surface area contributed by atoms with Crippen molar-refractivity contribution in [2.75, 3.05) is 0 Å². The normalized spacial score (nSPS) is 23.8. The van der Waals surface area contributed by atoms with Gasteiger partial charge in [-0.3, -0.25) is 0 Å². The molecular formula is C14H18BrF2NO2S. The van der Waals surface area contributed by atoms with Gasteiger partial charge in [0.1, 0.15) is 16.5 Å². The number of sulfonamides is 1. The number of nitrogens with one attached hydrogen (secondary N) is 1. The monoisotopic (exact) mass is 381 g/mol. The van der Waals surface area contributed by atoms with Gasteiger partial charge in [-0.25, -0.2) is 21.9 Å². The Labute approximate surface area is 132 Å². The molecule has 118 valence electrons. The van der Waals surface area contributed by atoms with E-state index in [1.54, 1.807) is 0 Å². The summed E-state index contributed by atoms with van der Waals surface area (Å²) in [6.45, 7) is 1.99. The number of benzene rings is 1. The van der Waals surface area contributed by atoms with E-state index in [0.29, 0.717) is 6.07 Å². The van der Waals surface area contributed by atoms with E-state index in [-0.39, 0.29) is 16.4 Å². The summed E-state index contributed by atoms with van der Waals surface area (Å²) >= 11 is 2.93. The van der Waals surface area contributed by atoms with Crippen LogP contribution in [0.15, 0.2) is 21.5 Å². The predicted molar refractivity (Wildman–Crippen MR) is 80.4 cm³/mol. The fraction of sp³-hybridized carbons (Fsp3) is 0.571. The molecule has 0 amide bonds. The largest absolute Gasteiger partial charge is 0.244 e. The first-order chi connectivity index (χ1) is 9.81. The number of hydrogen-bond acceptors (Lipinski definition) is 2. The molecule has 3 nitrogen and oxygen atoms in total. The van der Waals surface area contributed by atoms with Crippen LogP contribution in [0, 0.1) is 17.6 Å². The highest BCUT2D eigenvalue weighted by Crippen LogP contribution is 2.29. The fourth-order valence-corrected chi connectivity index (χ4v) is 5.26. The van der Waals surface area contributed by atoms with Gasteiger partial charge in [-0.1, -0.05) is 26.2 Å². The molecular weight excluding hydrogens is 364 g/mol. The van der Waals surface area contributed by atoms with E-state index in [0.717, 1.165) is 38.2 Å². The van der Waals surface area contributed by atoms with Crippen LogP contribution >= 0.6 is 15.9 Å². The molecule has 2 rings (SSSR count). The molecule has 0 radical (unpaired) electrons. The van der Waals surface area contributed by atoms with Gasteiger partial charge >= 0.3 is 0 Å². The number of hydrogen-bond donors (Lipinski definition) is 1. The molecule has 2 unspecified atom stereocenters. The van der Waals surface area contributed by atoms with E-state index in [4.69, 9.17) is 0 Å². The Balaban J connectivity index is 2.30. The van der Waals surface area contributed by atoms with Crippen LogP contribution in [-0.4, -0.2) is 14.5 Å². The molecule has 1 aromatic carbocycles. The first kappa shape index (κ1) is 16.8. The van der Waals surface area contributed by atoms with Gasteiger partial charge in [0.05, 0.1) is 0 Å². The van der Waals surface area contributed by atoms with Crippen LogP contribution in [0.1, 0.15) is 39.0 Å². The third-order valence-corrected chi connectivity index (χ3v) is 6.35. The molecule has 0 spiro atoms. The van der Waals surface area contributed by atoms with Crippen LogP contribution < -0.4 is 4.72 Å². The van der Waals surface area contributed by atoms with E-state index < -0.39 is 26.6 Å². The lowest BCUT2D eigenvalue weighted by Crippen LogP contribution is -2.39. The van der Waals surface area contributed by atoms with Crippen LogP contribution in [-0.2, 0) is 10.0 Å². The molecule has 1 aromatic rings. The first-order valence-electron chi connectivity index (χ1n) is 6.98. The summed E-state index contributed by atoms with van der Waals surface area (Å²) < 4.78 is 54.2. The lowest BCUT2D eigenvalue weighted by Gasteiger charge is -2.23. The molecule has 1 N–H and O–H groups in total. The maximum atomic E-state index is 13.8. The van der Waals surface area contributed by atoms with Crippen LogP contribution in [0.3, 0.4) is 0 Å². The molecule has 7 heteroatoms. The number of halogens is 3. The summed E-state index contributed by atoms with van der Waals surface area (Å²) in [4.78, 5) is -0.527. The van der Waals surface area contributed by atoms with E-state index in [9.17, 15) is 17.2 Å². The lowest BCUT2D eigenvalue weighted by molar-refractivity contribution is 0.398. The molecule has 0 saturated heterocycles. The minimum absolute atomic E-state index is 0.103. The fourth-order valence-electron chi connectivity index (χ4n) is 2.71. The molecule has 2 atom stereocenters. The second-order valence-corrected chi connectivity index (χ2v) is 8.05. The Morgan fingerprint density at radius 2 is 1.86 bits per heavy atom. The summed E-state index contributed by atoms with van der Waals surface area (Å²) in [5.41, 5.74) is 0. The van der Waals surface area contributed by atoms with Gasteiger partial charge in [0.15, 0.2) is 0 Å². The highest BCUT2D eigenvalue weighted by Gasteiger charge is 2.29. The molecule has 0 heterocycles. The summed E-state index contributed by atoms with van der Waals surface area (Å²) in [6, 6.07) is 1.32. The molecule has 0 bridgehead atoms. The van der Waals surface area contributed by atoms with Crippen molar-refractivity contribution in [3.8, 4) is 0 Å². The lowest BCUT2D eigenvalue weighted by atomic mass is 9.98. The zero-order chi connectivity index (χ0) is 15.6. The zero-order valence-corrected chi connectivity index (χ0v) is 14.1. The standard InChI is InChI=1S/C14H18BrF2NO2S/c1-9-5-3-2-4-6-13(9)18-21(19,20)14-11(15)7-10(16)8-12(14)17/h7-9,13,18H,2-6H2,1H3. The van der Waals surface area contributed by atoms with E-state index in [1.165, 1.54) is 0 Å².